The minimum Gasteiger partial charge on any atom is -0.451 e. The van der Waals surface area contributed by atoms with Crippen LogP contribution in [0.2, 0.25) is 5.02 Å². The summed E-state index contributed by atoms with van der Waals surface area (Å²) in [5.74, 6) is 0.253. The van der Waals surface area contributed by atoms with Crippen LogP contribution in [0, 0.1) is 0 Å². The van der Waals surface area contributed by atoms with E-state index in [1.54, 1.807) is 19.2 Å². The lowest BCUT2D eigenvalue weighted by atomic mass is 10.1. The molecule has 0 amide bonds. The summed E-state index contributed by atoms with van der Waals surface area (Å²) in [6, 6.07) is 7.14. The van der Waals surface area contributed by atoms with Gasteiger partial charge in [-0.1, -0.05) is 23.7 Å². The predicted octanol–water partition coefficient (Wildman–Crippen LogP) is 3.69. The van der Waals surface area contributed by atoms with E-state index < -0.39 is 0 Å². The van der Waals surface area contributed by atoms with Crippen molar-refractivity contribution in [2.24, 2.45) is 0 Å². The first kappa shape index (κ1) is 12.1. The molecule has 2 rings (SSSR count). The molecule has 90 valence electrons. The topological polar surface area (TPSA) is 39.4 Å². The molecule has 0 radical (unpaired) electrons. The highest BCUT2D eigenvalue weighted by atomic mass is 35.5. The van der Waals surface area contributed by atoms with Crippen LogP contribution in [0.15, 0.2) is 28.7 Å². The van der Waals surface area contributed by atoms with Gasteiger partial charge in [-0.15, -0.1) is 0 Å². The third-order valence-corrected chi connectivity index (χ3v) is 2.94. The summed E-state index contributed by atoms with van der Waals surface area (Å²) in [6.45, 7) is 1.84. The summed E-state index contributed by atoms with van der Waals surface area (Å²) in [7, 11) is 1.58. The van der Waals surface area contributed by atoms with Crippen LogP contribution in [0.3, 0.4) is 0 Å². The molecular weight excluding hydrogens is 240 g/mol. The van der Waals surface area contributed by atoms with Crippen LogP contribution in [-0.2, 0) is 4.74 Å². The van der Waals surface area contributed by atoms with E-state index in [0.29, 0.717) is 22.8 Å². The molecule has 0 bridgehead atoms. The van der Waals surface area contributed by atoms with E-state index in [1.165, 1.54) is 0 Å². The van der Waals surface area contributed by atoms with Gasteiger partial charge in [0.25, 0.3) is 0 Å². The number of hydrogen-bond donors (Lipinski definition) is 0. The lowest BCUT2D eigenvalue weighted by molar-refractivity contribution is 0.0770. The Labute approximate surface area is 104 Å². The first-order valence-corrected chi connectivity index (χ1v) is 5.73. The summed E-state index contributed by atoms with van der Waals surface area (Å²) in [5, 5.41) is 1.35. The van der Waals surface area contributed by atoms with E-state index in [-0.39, 0.29) is 11.9 Å². The smallest absolute Gasteiger partial charge is 0.200 e. The Morgan fingerprint density at radius 1 is 1.53 bits per heavy atom. The van der Waals surface area contributed by atoms with Crippen molar-refractivity contribution in [3.8, 4) is 0 Å². The molecule has 1 atom stereocenters. The molecule has 1 heterocycles. The average Bonchev–Trinajstić information content (AvgIpc) is 2.74. The number of ketones is 1. The first-order valence-electron chi connectivity index (χ1n) is 5.36. The average molecular weight is 253 g/mol. The summed E-state index contributed by atoms with van der Waals surface area (Å²) in [4.78, 5) is 11.9. The quantitative estimate of drug-likeness (QED) is 0.779. The highest BCUT2D eigenvalue weighted by Gasteiger charge is 2.16. The molecule has 0 aliphatic carbocycles. The number of rotatable bonds is 4. The highest BCUT2D eigenvalue weighted by molar-refractivity contribution is 6.34. The Morgan fingerprint density at radius 3 is 2.94 bits per heavy atom. The molecule has 4 heteroatoms. The zero-order chi connectivity index (χ0) is 12.4. The maximum Gasteiger partial charge on any atom is 0.200 e. The van der Waals surface area contributed by atoms with Gasteiger partial charge < -0.3 is 9.15 Å². The Morgan fingerprint density at radius 2 is 2.29 bits per heavy atom. The number of ether oxygens (including phenoxy) is 1. The van der Waals surface area contributed by atoms with Crippen LogP contribution in [0.4, 0.5) is 0 Å². The molecule has 0 N–H and O–H groups in total. The number of fused-ring (bicyclic) bond motifs is 1. The number of para-hydroxylation sites is 1. The second-order valence-corrected chi connectivity index (χ2v) is 4.35. The molecule has 3 nitrogen and oxygen atoms in total. The van der Waals surface area contributed by atoms with E-state index in [4.69, 9.17) is 20.8 Å². The standard InChI is InChI=1S/C13H13ClO3/c1-8(16-2)6-11(15)12-7-9-4-3-5-10(14)13(9)17-12/h3-5,7-8H,6H2,1-2H3. The Kier molecular flexibility index (Phi) is 3.50. The third-order valence-electron chi connectivity index (χ3n) is 2.65. The van der Waals surface area contributed by atoms with E-state index in [0.717, 1.165) is 5.39 Å². The molecule has 17 heavy (non-hydrogen) atoms. The molecular formula is C13H13ClO3. The van der Waals surface area contributed by atoms with Gasteiger partial charge in [0, 0.05) is 18.9 Å². The zero-order valence-corrected chi connectivity index (χ0v) is 10.5. The summed E-state index contributed by atoms with van der Waals surface area (Å²) < 4.78 is 10.5. The van der Waals surface area contributed by atoms with Gasteiger partial charge in [0.05, 0.1) is 11.1 Å². The maximum atomic E-state index is 11.9. The minimum absolute atomic E-state index is 0.0772. The molecule has 0 spiro atoms. The molecule has 0 saturated heterocycles. The van der Waals surface area contributed by atoms with Gasteiger partial charge in [-0.25, -0.2) is 0 Å². The van der Waals surface area contributed by atoms with Crippen molar-refractivity contribution in [1.29, 1.82) is 0 Å². The summed E-state index contributed by atoms with van der Waals surface area (Å²) in [6.07, 6.45) is 0.180. The number of carbonyl (C=O) groups is 1. The van der Waals surface area contributed by atoms with Gasteiger partial charge in [0.1, 0.15) is 0 Å². The van der Waals surface area contributed by atoms with E-state index >= 15 is 0 Å². The van der Waals surface area contributed by atoms with Crippen LogP contribution in [0.5, 0.6) is 0 Å². The van der Waals surface area contributed by atoms with E-state index in [2.05, 4.69) is 0 Å². The van der Waals surface area contributed by atoms with Crippen LogP contribution >= 0.6 is 11.6 Å². The molecule has 2 aromatic rings. The van der Waals surface area contributed by atoms with Gasteiger partial charge >= 0.3 is 0 Å². The van der Waals surface area contributed by atoms with Crippen molar-refractivity contribution >= 4 is 28.4 Å². The van der Waals surface area contributed by atoms with Crippen molar-refractivity contribution < 1.29 is 13.9 Å². The van der Waals surface area contributed by atoms with Crippen molar-refractivity contribution in [3.63, 3.8) is 0 Å². The fraction of sp³-hybridized carbons (Fsp3) is 0.308. The number of hydrogen-bond acceptors (Lipinski definition) is 3. The number of methoxy groups -OCH3 is 1. The maximum absolute atomic E-state index is 11.9. The van der Waals surface area contributed by atoms with Gasteiger partial charge in [0.2, 0.25) is 5.78 Å². The molecule has 0 fully saturated rings. The van der Waals surface area contributed by atoms with Crippen molar-refractivity contribution in [1.82, 2.24) is 0 Å². The van der Waals surface area contributed by atoms with Crippen molar-refractivity contribution in [2.45, 2.75) is 19.4 Å². The van der Waals surface area contributed by atoms with Crippen LogP contribution in [-0.4, -0.2) is 19.0 Å². The van der Waals surface area contributed by atoms with Gasteiger partial charge in [-0.2, -0.15) is 0 Å². The molecule has 1 unspecified atom stereocenters. The Bertz CT molecular complexity index is 545. The highest BCUT2D eigenvalue weighted by Crippen LogP contribution is 2.27. The second kappa shape index (κ2) is 4.90. The van der Waals surface area contributed by atoms with Crippen LogP contribution in [0.1, 0.15) is 23.9 Å². The fourth-order valence-corrected chi connectivity index (χ4v) is 1.83. The van der Waals surface area contributed by atoms with E-state index in [1.807, 2.05) is 19.1 Å². The summed E-state index contributed by atoms with van der Waals surface area (Å²) in [5.41, 5.74) is 0.558. The number of Topliss-reactive ketones (excluding diaryl/α,β-unsaturated/α-hetero) is 1. The third kappa shape index (κ3) is 2.51. The lowest BCUT2D eigenvalue weighted by Crippen LogP contribution is -2.11. The number of furan rings is 1. The Balaban J connectivity index is 2.30. The van der Waals surface area contributed by atoms with Gasteiger partial charge in [-0.3, -0.25) is 4.79 Å². The van der Waals surface area contributed by atoms with Crippen molar-refractivity contribution in [2.75, 3.05) is 7.11 Å². The van der Waals surface area contributed by atoms with Crippen molar-refractivity contribution in [3.05, 3.63) is 35.0 Å². The molecule has 0 aliphatic heterocycles. The Hall–Kier alpha value is -1.32. The molecule has 1 aromatic carbocycles. The number of benzene rings is 1. The zero-order valence-electron chi connectivity index (χ0n) is 9.70. The minimum atomic E-state index is -0.119. The monoisotopic (exact) mass is 252 g/mol. The van der Waals surface area contributed by atoms with E-state index in [9.17, 15) is 4.79 Å². The fourth-order valence-electron chi connectivity index (χ4n) is 1.61. The van der Waals surface area contributed by atoms with Crippen LogP contribution < -0.4 is 0 Å². The molecule has 0 saturated carbocycles. The molecule has 0 aliphatic rings. The largest absolute Gasteiger partial charge is 0.451 e. The predicted molar refractivity (Wildman–Crippen MR) is 66.6 cm³/mol. The van der Waals surface area contributed by atoms with Gasteiger partial charge in [0.15, 0.2) is 11.3 Å². The lowest BCUT2D eigenvalue weighted by Gasteiger charge is -2.05. The SMILES string of the molecule is COC(C)CC(=O)c1cc2cccc(Cl)c2o1. The first-order chi connectivity index (χ1) is 8.11. The van der Waals surface area contributed by atoms with Crippen LogP contribution in [0.25, 0.3) is 11.0 Å². The number of halogens is 1. The molecule has 1 aromatic heterocycles. The number of carbonyl (C=O) groups excluding carboxylic acids is 1. The summed E-state index contributed by atoms with van der Waals surface area (Å²) >= 11 is 5.98. The second-order valence-electron chi connectivity index (χ2n) is 3.94. The normalized spacial score (nSPS) is 12.9. The van der Waals surface area contributed by atoms with Gasteiger partial charge in [-0.05, 0) is 19.1 Å².